The van der Waals surface area contributed by atoms with E-state index in [0.29, 0.717) is 6.07 Å². The molecule has 1 aliphatic heterocycles. The van der Waals surface area contributed by atoms with Crippen LogP contribution in [0.5, 0.6) is 0 Å². The number of alkyl halides is 6. The molecule has 2 heterocycles. The van der Waals surface area contributed by atoms with E-state index in [1.807, 2.05) is 0 Å². The van der Waals surface area contributed by atoms with Gasteiger partial charge in [0.15, 0.2) is 16.9 Å². The first kappa shape index (κ1) is 28.5. The third-order valence-electron chi connectivity index (χ3n) is 5.93. The highest BCUT2D eigenvalue weighted by Crippen LogP contribution is 2.48. The van der Waals surface area contributed by atoms with Gasteiger partial charge in [0.2, 0.25) is 5.89 Å². The van der Waals surface area contributed by atoms with Gasteiger partial charge in [-0.1, -0.05) is 12.1 Å². The van der Waals surface area contributed by atoms with E-state index < -0.39 is 58.5 Å². The molecule has 2 atom stereocenters. The zero-order valence-corrected chi connectivity index (χ0v) is 20.9. The Hall–Kier alpha value is -3.49. The monoisotopic (exact) mass is 579 g/mol. The molecule has 1 unspecified atom stereocenters. The van der Waals surface area contributed by atoms with Gasteiger partial charge in [0, 0.05) is 6.42 Å². The number of nitrogens with zero attached hydrogens (tertiary/aromatic N) is 3. The number of carbonyl (C=O) groups is 1. The van der Waals surface area contributed by atoms with Crippen LogP contribution in [-0.4, -0.2) is 45.4 Å². The van der Waals surface area contributed by atoms with Crippen molar-refractivity contribution < 1.29 is 48.9 Å². The smallest absolute Gasteiger partial charge is 0.404 e. The largest absolute Gasteiger partial charge is 0.459 e. The van der Waals surface area contributed by atoms with Gasteiger partial charge in [-0.25, -0.2) is 13.4 Å². The lowest BCUT2D eigenvalue weighted by Crippen LogP contribution is -2.42. The first-order chi connectivity index (χ1) is 18.3. The number of carbonyl (C=O) groups excluding carboxylic acids is 1. The van der Waals surface area contributed by atoms with Crippen LogP contribution in [0.2, 0.25) is 0 Å². The zero-order chi connectivity index (χ0) is 28.5. The third-order valence-corrected chi connectivity index (χ3v) is 7.46. The van der Waals surface area contributed by atoms with Gasteiger partial charge in [0.05, 0.1) is 23.2 Å². The summed E-state index contributed by atoms with van der Waals surface area (Å²) in [5, 5.41) is 7.42. The van der Waals surface area contributed by atoms with E-state index >= 15 is 0 Å². The van der Waals surface area contributed by atoms with Crippen LogP contribution in [0.3, 0.4) is 0 Å². The molecule has 7 nitrogen and oxygen atoms in total. The minimum absolute atomic E-state index is 0.0292. The topological polar surface area (TPSA) is 85.5 Å². The summed E-state index contributed by atoms with van der Waals surface area (Å²) in [6, 6.07) is 6.52. The fourth-order valence-corrected chi connectivity index (χ4v) is 5.69. The zero-order valence-electron chi connectivity index (χ0n) is 20.1. The predicted octanol–water partition coefficient (Wildman–Crippen LogP) is 5.68. The average Bonchev–Trinajstić information content (AvgIpc) is 3.31. The highest BCUT2D eigenvalue weighted by Gasteiger charge is 2.57. The fraction of sp³-hybridized carbons (Fsp3) is 0.375. The van der Waals surface area contributed by atoms with Crippen molar-refractivity contribution in [1.29, 1.82) is 0 Å². The van der Waals surface area contributed by atoms with E-state index in [9.17, 15) is 39.7 Å². The van der Waals surface area contributed by atoms with Crippen LogP contribution in [0.25, 0.3) is 0 Å². The van der Waals surface area contributed by atoms with Gasteiger partial charge < -0.3 is 9.15 Å². The molecule has 1 aromatic heterocycles. The first-order valence-corrected chi connectivity index (χ1v) is 12.6. The number of hydrogen-bond donors (Lipinski definition) is 0. The molecular formula is C24H20F7N3O4S. The number of anilines is 1. The minimum Gasteiger partial charge on any atom is -0.459 e. The van der Waals surface area contributed by atoms with E-state index in [2.05, 4.69) is 10.2 Å². The molecule has 0 saturated carbocycles. The molecule has 1 aliphatic rings. The lowest BCUT2D eigenvalue weighted by atomic mass is 9.90. The SMILES string of the molecule is CCOC(=O)c1nnc(C[C@@H]2CCc3cc(C(C(F)(F)F)C(F)(F)F)ccc3N2S(=O)c2ccc(F)cc2)o1. The van der Waals surface area contributed by atoms with Crippen molar-refractivity contribution in [1.82, 2.24) is 10.2 Å². The van der Waals surface area contributed by atoms with Crippen LogP contribution in [-0.2, 0) is 28.6 Å². The number of esters is 1. The Morgan fingerprint density at radius 3 is 2.38 bits per heavy atom. The van der Waals surface area contributed by atoms with Crippen molar-refractivity contribution >= 4 is 22.6 Å². The Balaban J connectivity index is 1.73. The number of aromatic nitrogens is 2. The molecule has 0 radical (unpaired) electrons. The highest BCUT2D eigenvalue weighted by molar-refractivity contribution is 7.86. The number of benzene rings is 2. The average molecular weight is 579 g/mol. The number of halogens is 7. The summed E-state index contributed by atoms with van der Waals surface area (Å²) >= 11 is 0. The number of rotatable bonds is 7. The van der Waals surface area contributed by atoms with Crippen molar-refractivity contribution in [3.8, 4) is 0 Å². The maximum Gasteiger partial charge on any atom is 0.404 e. The first-order valence-electron chi connectivity index (χ1n) is 11.5. The molecule has 2 aromatic carbocycles. The van der Waals surface area contributed by atoms with Gasteiger partial charge in [0.1, 0.15) is 5.82 Å². The van der Waals surface area contributed by atoms with Crippen LogP contribution >= 0.6 is 0 Å². The predicted molar refractivity (Wildman–Crippen MR) is 123 cm³/mol. The second-order valence-corrected chi connectivity index (χ2v) is 9.91. The van der Waals surface area contributed by atoms with Crippen molar-refractivity contribution in [3.05, 3.63) is 71.2 Å². The summed E-state index contributed by atoms with van der Waals surface area (Å²) in [4.78, 5) is 12.0. The van der Waals surface area contributed by atoms with Gasteiger partial charge in [-0.3, -0.25) is 4.31 Å². The summed E-state index contributed by atoms with van der Waals surface area (Å²) in [6.45, 7) is 1.64. The second-order valence-electron chi connectivity index (χ2n) is 8.55. The molecule has 0 amide bonds. The lowest BCUT2D eigenvalue weighted by molar-refractivity contribution is -0.253. The standard InChI is InChI=1S/C24H20F7N3O4S/c1-2-37-22(35)21-33-32-19(38-21)12-16-7-3-13-11-14(20(23(26,27)28)24(29,30)31)4-10-18(13)34(16)39(36)17-8-5-15(25)6-9-17/h4-6,8-11,16,20H,2-3,7,12H2,1H3/t16-,39?/m0/s1. The minimum atomic E-state index is -5.57. The van der Waals surface area contributed by atoms with Crippen LogP contribution in [0.15, 0.2) is 51.8 Å². The molecule has 0 spiro atoms. The Bertz CT molecular complexity index is 1340. The summed E-state index contributed by atoms with van der Waals surface area (Å²) in [5.41, 5.74) is -0.739. The highest BCUT2D eigenvalue weighted by atomic mass is 32.2. The molecule has 15 heteroatoms. The Kier molecular flexibility index (Phi) is 8.00. The molecule has 0 saturated heterocycles. The summed E-state index contributed by atoms with van der Waals surface area (Å²) in [7, 11) is -2.06. The van der Waals surface area contributed by atoms with Crippen LogP contribution in [0.1, 0.15) is 47.0 Å². The Morgan fingerprint density at radius 1 is 1.10 bits per heavy atom. The number of fused-ring (bicyclic) bond motifs is 1. The van der Waals surface area contributed by atoms with Crippen LogP contribution in [0.4, 0.5) is 36.4 Å². The molecule has 210 valence electrons. The number of ether oxygens (including phenoxy) is 1. The molecule has 3 aromatic rings. The molecule has 0 bridgehead atoms. The Morgan fingerprint density at radius 2 is 1.77 bits per heavy atom. The normalized spacial score (nSPS) is 16.7. The maximum atomic E-state index is 13.6. The molecule has 39 heavy (non-hydrogen) atoms. The van der Waals surface area contributed by atoms with E-state index in [4.69, 9.17) is 9.15 Å². The number of hydrogen-bond acceptors (Lipinski definition) is 6. The van der Waals surface area contributed by atoms with Crippen molar-refractivity contribution in [3.63, 3.8) is 0 Å². The van der Waals surface area contributed by atoms with E-state index in [0.717, 1.165) is 24.3 Å². The van der Waals surface area contributed by atoms with Gasteiger partial charge in [0.25, 0.3) is 0 Å². The summed E-state index contributed by atoms with van der Waals surface area (Å²) in [6.07, 6.45) is -11.0. The summed E-state index contributed by atoms with van der Waals surface area (Å²) in [5.74, 6) is -5.58. The third kappa shape index (κ3) is 6.23. The molecule has 0 aliphatic carbocycles. The van der Waals surface area contributed by atoms with Gasteiger partial charge >= 0.3 is 24.2 Å². The van der Waals surface area contributed by atoms with Crippen LogP contribution < -0.4 is 4.31 Å². The fourth-order valence-electron chi connectivity index (χ4n) is 4.29. The van der Waals surface area contributed by atoms with Gasteiger partial charge in [-0.2, -0.15) is 26.3 Å². The quantitative estimate of drug-likeness (QED) is 0.265. The van der Waals surface area contributed by atoms with Gasteiger partial charge in [-0.15, -0.1) is 10.2 Å². The Labute approximate surface area is 219 Å². The van der Waals surface area contributed by atoms with Crippen molar-refractivity contribution in [2.75, 3.05) is 10.9 Å². The van der Waals surface area contributed by atoms with Crippen molar-refractivity contribution in [2.24, 2.45) is 0 Å². The van der Waals surface area contributed by atoms with Gasteiger partial charge in [-0.05, 0) is 61.2 Å². The van der Waals surface area contributed by atoms with E-state index in [1.165, 1.54) is 16.4 Å². The van der Waals surface area contributed by atoms with E-state index in [-0.39, 0.29) is 47.9 Å². The second kappa shape index (κ2) is 10.9. The number of aryl methyl sites for hydroxylation is 1. The maximum absolute atomic E-state index is 13.6. The van der Waals surface area contributed by atoms with Crippen LogP contribution in [0, 0.1) is 5.82 Å². The van der Waals surface area contributed by atoms with Crippen molar-refractivity contribution in [2.45, 2.75) is 55.4 Å². The summed E-state index contributed by atoms with van der Waals surface area (Å²) < 4.78 is 119. The molecule has 0 N–H and O–H groups in total. The van der Waals surface area contributed by atoms with E-state index in [1.54, 1.807) is 6.92 Å². The molecule has 0 fully saturated rings. The molecule has 4 rings (SSSR count). The lowest BCUT2D eigenvalue weighted by Gasteiger charge is -2.37. The molecular weight excluding hydrogens is 559 g/mol.